The fourth-order valence-electron chi connectivity index (χ4n) is 11.6. The predicted molar refractivity (Wildman–Crippen MR) is 256 cm³/mol. The van der Waals surface area contributed by atoms with Crippen molar-refractivity contribution in [2.24, 2.45) is 5.92 Å². The number of fused-ring (bicyclic) bond motifs is 2. The molecule has 3 fully saturated rings. The van der Waals surface area contributed by atoms with Crippen molar-refractivity contribution in [3.8, 4) is 5.75 Å². The Balaban J connectivity index is 1.07. The first-order chi connectivity index (χ1) is 31.6. The summed E-state index contributed by atoms with van der Waals surface area (Å²) in [6.07, 6.45) is 3.54. The van der Waals surface area contributed by atoms with Gasteiger partial charge in [-0.3, -0.25) is 24.1 Å². The molecule has 12 nitrogen and oxygen atoms in total. The van der Waals surface area contributed by atoms with E-state index in [1.807, 2.05) is 124 Å². The number of para-hydroxylation sites is 2. The molecule has 1 unspecified atom stereocenters. The standard InChI is InChI=1S/C52H57N7O5Si/c1-36-48(65(3,4)42-23-21-41(63-2)22-24-42)47(26-31-56-33-45(54-55-56)43(34-60)37-14-8-5-9-15-37)64-52(36)44-32-40(20-25-46(44)59(50(52)62)39-18-12-7-13-19-39)57-35-58(38-16-10-6-11-17-38)51(49(57)61)27-29-53-30-28-51/h5-25,32-33,36,43,47-48,53,60H,26-31,34-35H2,1-4H3/t36-,43?,47+,48-,52+/m1/s1. The first-order valence-corrected chi connectivity index (χ1v) is 26.0. The number of aromatic nitrogens is 3. The third-order valence-electron chi connectivity index (χ3n) is 14.9. The third kappa shape index (κ3) is 7.07. The molecule has 13 heteroatoms. The number of aliphatic hydroxyl groups is 1. The number of anilines is 4. The minimum atomic E-state index is -2.48. The first-order valence-electron chi connectivity index (χ1n) is 22.9. The lowest BCUT2D eigenvalue weighted by molar-refractivity contribution is -0.145. The molecule has 0 radical (unpaired) electrons. The van der Waals surface area contributed by atoms with Gasteiger partial charge in [0.25, 0.3) is 11.8 Å². The molecule has 4 aliphatic rings. The summed E-state index contributed by atoms with van der Waals surface area (Å²) in [7, 11) is -0.805. The lowest BCUT2D eigenvalue weighted by Gasteiger charge is -2.39. The molecule has 65 heavy (non-hydrogen) atoms. The van der Waals surface area contributed by atoms with Crippen molar-refractivity contribution >= 4 is 47.8 Å². The van der Waals surface area contributed by atoms with E-state index in [1.54, 1.807) is 7.11 Å². The van der Waals surface area contributed by atoms with Crippen LogP contribution < -0.4 is 29.9 Å². The van der Waals surface area contributed by atoms with Gasteiger partial charge in [0.1, 0.15) is 11.3 Å². The number of aryl methyl sites for hydroxylation is 1. The summed E-state index contributed by atoms with van der Waals surface area (Å²) in [5.74, 6) is 0.178. The number of amides is 2. The Hall–Kier alpha value is -6.12. The Bertz CT molecular complexity index is 2660. The van der Waals surface area contributed by atoms with Gasteiger partial charge in [-0.2, -0.15) is 0 Å². The quantitative estimate of drug-likeness (QED) is 0.122. The van der Waals surface area contributed by atoms with E-state index in [9.17, 15) is 5.11 Å². The number of nitrogens with one attached hydrogen (secondary N) is 1. The first kappa shape index (κ1) is 42.8. The summed E-state index contributed by atoms with van der Waals surface area (Å²) in [6, 6.07) is 44.4. The molecule has 6 aromatic rings. The Morgan fingerprint density at radius 2 is 1.51 bits per heavy atom. The lowest BCUT2D eigenvalue weighted by Crippen LogP contribution is -2.55. The van der Waals surface area contributed by atoms with Gasteiger partial charge in [-0.25, -0.2) is 0 Å². The van der Waals surface area contributed by atoms with E-state index in [2.05, 4.69) is 70.9 Å². The van der Waals surface area contributed by atoms with Crippen LogP contribution in [0.2, 0.25) is 18.6 Å². The van der Waals surface area contributed by atoms with Crippen LogP contribution >= 0.6 is 0 Å². The summed E-state index contributed by atoms with van der Waals surface area (Å²) in [6.45, 7) is 9.28. The fraction of sp³-hybridized carbons (Fsp3) is 0.346. The highest BCUT2D eigenvalue weighted by molar-refractivity contribution is 6.91. The van der Waals surface area contributed by atoms with Gasteiger partial charge in [0.2, 0.25) is 0 Å². The van der Waals surface area contributed by atoms with E-state index in [0.29, 0.717) is 38.2 Å². The largest absolute Gasteiger partial charge is 0.497 e. The molecule has 0 aliphatic carbocycles. The molecular formula is C52H57N7O5Si. The van der Waals surface area contributed by atoms with Gasteiger partial charge in [-0.05, 0) is 98.1 Å². The van der Waals surface area contributed by atoms with Crippen LogP contribution in [0.15, 0.2) is 140 Å². The van der Waals surface area contributed by atoms with E-state index in [0.717, 1.165) is 52.7 Å². The molecule has 2 N–H and O–H groups in total. The summed E-state index contributed by atoms with van der Waals surface area (Å²) in [5.41, 5.74) is 3.68. The molecule has 2 amide bonds. The van der Waals surface area contributed by atoms with Gasteiger partial charge in [-0.1, -0.05) is 109 Å². The number of rotatable bonds is 12. The number of carbonyl (C=O) groups excluding carboxylic acids is 2. The molecule has 0 bridgehead atoms. The van der Waals surface area contributed by atoms with Crippen LogP contribution in [0.4, 0.5) is 22.7 Å². The molecule has 2 spiro atoms. The van der Waals surface area contributed by atoms with Crippen molar-refractivity contribution in [3.63, 3.8) is 0 Å². The summed E-state index contributed by atoms with van der Waals surface area (Å²) in [4.78, 5) is 36.8. The molecule has 0 saturated carbocycles. The molecule has 1 aromatic heterocycles. The maximum atomic E-state index is 15.8. The Morgan fingerprint density at radius 3 is 2.17 bits per heavy atom. The maximum absolute atomic E-state index is 15.8. The van der Waals surface area contributed by atoms with Gasteiger partial charge in [0, 0.05) is 41.3 Å². The van der Waals surface area contributed by atoms with Crippen molar-refractivity contribution in [2.45, 2.75) is 74.5 Å². The van der Waals surface area contributed by atoms with Crippen LogP contribution in [0.25, 0.3) is 0 Å². The number of aliphatic hydroxyl groups excluding tert-OH is 1. The minimum Gasteiger partial charge on any atom is -0.497 e. The van der Waals surface area contributed by atoms with Crippen molar-refractivity contribution < 1.29 is 24.2 Å². The van der Waals surface area contributed by atoms with Crippen LogP contribution in [0.1, 0.15) is 48.9 Å². The number of nitrogens with zero attached hydrogens (tertiary/aromatic N) is 6. The number of hydrogen-bond acceptors (Lipinski definition) is 9. The average Bonchev–Trinajstić information content (AvgIpc) is 4.08. The number of piperidine rings is 1. The van der Waals surface area contributed by atoms with Crippen LogP contribution in [0, 0.1) is 5.92 Å². The van der Waals surface area contributed by atoms with Crippen LogP contribution in [0.5, 0.6) is 5.75 Å². The topological polar surface area (TPSA) is 125 Å². The van der Waals surface area contributed by atoms with Crippen LogP contribution in [-0.4, -0.2) is 85.1 Å². The highest BCUT2D eigenvalue weighted by Gasteiger charge is 2.67. The van der Waals surface area contributed by atoms with Crippen LogP contribution in [-0.2, 0) is 26.5 Å². The van der Waals surface area contributed by atoms with E-state index in [-0.39, 0.29) is 41.9 Å². The predicted octanol–water partition coefficient (Wildman–Crippen LogP) is 7.33. The van der Waals surface area contributed by atoms with Crippen molar-refractivity contribution in [3.05, 3.63) is 156 Å². The van der Waals surface area contributed by atoms with Gasteiger partial charge in [0.15, 0.2) is 5.60 Å². The zero-order valence-corrected chi connectivity index (χ0v) is 38.5. The summed E-state index contributed by atoms with van der Waals surface area (Å²) >= 11 is 0. The number of methoxy groups -OCH3 is 1. The van der Waals surface area contributed by atoms with E-state index in [1.165, 1.54) is 5.19 Å². The SMILES string of the molecule is COc1ccc([Si](C)(C)[C@H]2[C@H](CCn3cc(C(CO)c4ccccc4)nn3)O[C@@]3(C(=O)N(c4ccccc4)c4ccc(N5CN(c6ccccc6)C6(CCNCC6)C5=O)cc43)[C@@H]2C)cc1. The normalized spacial score (nSPS) is 23.2. The number of carbonyl (C=O) groups is 2. The Kier molecular flexibility index (Phi) is 11.2. The molecule has 5 atom stereocenters. The second-order valence-corrected chi connectivity index (χ2v) is 23.3. The molecular weight excluding hydrogens is 831 g/mol. The van der Waals surface area contributed by atoms with Gasteiger partial charge in [0.05, 0.1) is 51.9 Å². The van der Waals surface area contributed by atoms with Crippen molar-refractivity contribution in [1.29, 1.82) is 0 Å². The van der Waals surface area contributed by atoms with E-state index in [4.69, 9.17) is 9.47 Å². The molecule has 5 aromatic carbocycles. The Labute approximate surface area is 381 Å². The maximum Gasteiger partial charge on any atom is 0.268 e. The zero-order chi connectivity index (χ0) is 44.9. The number of hydrogen-bond donors (Lipinski definition) is 2. The molecule has 5 heterocycles. The summed E-state index contributed by atoms with van der Waals surface area (Å²) in [5, 5.41) is 24.2. The molecule has 10 rings (SSSR count). The fourth-order valence-corrected chi connectivity index (χ4v) is 15.6. The number of ether oxygens (including phenoxy) is 2. The van der Waals surface area contributed by atoms with Gasteiger partial charge < -0.3 is 24.8 Å². The monoisotopic (exact) mass is 887 g/mol. The zero-order valence-electron chi connectivity index (χ0n) is 37.5. The number of benzene rings is 5. The highest BCUT2D eigenvalue weighted by Crippen LogP contribution is 2.61. The summed E-state index contributed by atoms with van der Waals surface area (Å²) < 4.78 is 15.0. The lowest BCUT2D eigenvalue weighted by atomic mass is 9.82. The van der Waals surface area contributed by atoms with Crippen molar-refractivity contribution in [1.82, 2.24) is 20.3 Å². The highest BCUT2D eigenvalue weighted by atomic mass is 28.3. The van der Waals surface area contributed by atoms with Crippen molar-refractivity contribution in [2.75, 3.05) is 48.2 Å². The Morgan fingerprint density at radius 1 is 0.846 bits per heavy atom. The molecule has 3 saturated heterocycles. The van der Waals surface area contributed by atoms with E-state index >= 15 is 9.59 Å². The van der Waals surface area contributed by atoms with Gasteiger partial charge in [-0.15, -0.1) is 5.10 Å². The van der Waals surface area contributed by atoms with E-state index < -0.39 is 19.2 Å². The molecule has 334 valence electrons. The van der Waals surface area contributed by atoms with Crippen LogP contribution in [0.3, 0.4) is 0 Å². The minimum absolute atomic E-state index is 0.0235. The average molecular weight is 888 g/mol. The smallest absolute Gasteiger partial charge is 0.268 e. The third-order valence-corrected chi connectivity index (χ3v) is 19.3. The second-order valence-electron chi connectivity index (χ2n) is 18.6. The van der Waals surface area contributed by atoms with Gasteiger partial charge >= 0.3 is 0 Å². The second kappa shape index (κ2) is 17.0. The molecule has 4 aliphatic heterocycles.